The summed E-state index contributed by atoms with van der Waals surface area (Å²) in [6.45, 7) is 2.78. The summed E-state index contributed by atoms with van der Waals surface area (Å²) in [6.07, 6.45) is 1.93. The van der Waals surface area contributed by atoms with Crippen molar-refractivity contribution in [3.63, 3.8) is 0 Å². The molecule has 0 aliphatic heterocycles. The summed E-state index contributed by atoms with van der Waals surface area (Å²) >= 11 is 3.56. The number of aryl methyl sites for hydroxylation is 1. The molecular formula is C11H13BrN4. The van der Waals surface area contributed by atoms with Gasteiger partial charge in [0.05, 0.1) is 17.6 Å². The van der Waals surface area contributed by atoms with Gasteiger partial charge in [-0.2, -0.15) is 0 Å². The van der Waals surface area contributed by atoms with Gasteiger partial charge in [-0.15, -0.1) is 5.10 Å². The lowest BCUT2D eigenvalue weighted by molar-refractivity contribution is 0.766. The Bertz CT molecular complexity index is 492. The molecule has 4 nitrogen and oxygen atoms in total. The highest BCUT2D eigenvalue weighted by Gasteiger charge is 2.06. The molecular weight excluding hydrogens is 268 g/mol. The van der Waals surface area contributed by atoms with E-state index in [0.717, 1.165) is 22.4 Å². The highest BCUT2D eigenvalue weighted by molar-refractivity contribution is 9.10. The molecule has 0 unspecified atom stereocenters. The largest absolute Gasteiger partial charge is 0.314 e. The average molecular weight is 281 g/mol. The Hall–Kier alpha value is -1.20. The minimum atomic E-state index is 0.726. The highest BCUT2D eigenvalue weighted by Crippen LogP contribution is 2.23. The van der Waals surface area contributed by atoms with Gasteiger partial charge in [-0.05, 0) is 41.5 Å². The van der Waals surface area contributed by atoms with Crippen LogP contribution in [0.1, 0.15) is 11.3 Å². The lowest BCUT2D eigenvalue weighted by Gasteiger charge is -2.05. The molecule has 2 aromatic rings. The van der Waals surface area contributed by atoms with Crippen LogP contribution in [0.5, 0.6) is 0 Å². The van der Waals surface area contributed by atoms with Crippen LogP contribution >= 0.6 is 15.9 Å². The Morgan fingerprint density at radius 2 is 2.25 bits per heavy atom. The Morgan fingerprint density at radius 1 is 1.44 bits per heavy atom. The molecule has 0 aliphatic rings. The summed E-state index contributed by atoms with van der Waals surface area (Å²) < 4.78 is 2.83. The number of rotatable bonds is 3. The SMILES string of the molecule is CNCc1cn(-c2cccc(C)c2Br)nn1. The van der Waals surface area contributed by atoms with Gasteiger partial charge in [-0.25, -0.2) is 4.68 Å². The lowest BCUT2D eigenvalue weighted by atomic mass is 10.2. The fraction of sp³-hybridized carbons (Fsp3) is 0.273. The lowest BCUT2D eigenvalue weighted by Crippen LogP contribution is -2.05. The van der Waals surface area contributed by atoms with Crippen LogP contribution in [0, 0.1) is 6.92 Å². The minimum Gasteiger partial charge on any atom is -0.314 e. The molecule has 1 N–H and O–H groups in total. The maximum absolute atomic E-state index is 4.10. The van der Waals surface area contributed by atoms with Gasteiger partial charge in [0.1, 0.15) is 0 Å². The first-order valence-corrected chi connectivity index (χ1v) is 5.83. The molecule has 84 valence electrons. The highest BCUT2D eigenvalue weighted by atomic mass is 79.9. The second-order valence-electron chi connectivity index (χ2n) is 3.59. The third kappa shape index (κ3) is 2.15. The first kappa shape index (κ1) is 11.3. The molecule has 2 rings (SSSR count). The van der Waals surface area contributed by atoms with Crippen molar-refractivity contribution in [3.05, 3.63) is 40.1 Å². The normalized spacial score (nSPS) is 10.7. The molecule has 0 saturated heterocycles. The van der Waals surface area contributed by atoms with Crippen LogP contribution in [0.4, 0.5) is 0 Å². The van der Waals surface area contributed by atoms with Crippen LogP contribution in [0.2, 0.25) is 0 Å². The fourth-order valence-corrected chi connectivity index (χ4v) is 1.93. The zero-order chi connectivity index (χ0) is 11.5. The van der Waals surface area contributed by atoms with E-state index in [4.69, 9.17) is 0 Å². The van der Waals surface area contributed by atoms with Gasteiger partial charge in [0.15, 0.2) is 0 Å². The number of hydrogen-bond acceptors (Lipinski definition) is 3. The molecule has 5 heteroatoms. The Morgan fingerprint density at radius 3 is 3.00 bits per heavy atom. The molecule has 1 aromatic heterocycles. The van der Waals surface area contributed by atoms with Crippen LogP contribution in [0.25, 0.3) is 5.69 Å². The summed E-state index contributed by atoms with van der Waals surface area (Å²) in [6, 6.07) is 6.07. The van der Waals surface area contributed by atoms with E-state index in [0.29, 0.717) is 0 Å². The topological polar surface area (TPSA) is 42.7 Å². The van der Waals surface area contributed by atoms with Crippen LogP contribution in [0.3, 0.4) is 0 Å². The van der Waals surface area contributed by atoms with E-state index in [1.54, 1.807) is 4.68 Å². The minimum absolute atomic E-state index is 0.726. The van der Waals surface area contributed by atoms with Crippen LogP contribution in [-0.4, -0.2) is 22.0 Å². The monoisotopic (exact) mass is 280 g/mol. The second kappa shape index (κ2) is 4.76. The maximum atomic E-state index is 4.10. The van der Waals surface area contributed by atoms with Crippen molar-refractivity contribution in [1.29, 1.82) is 0 Å². The average Bonchev–Trinajstić information content (AvgIpc) is 2.71. The molecule has 0 aliphatic carbocycles. The summed E-state index contributed by atoms with van der Waals surface area (Å²) in [7, 11) is 1.89. The van der Waals surface area contributed by atoms with Gasteiger partial charge < -0.3 is 5.32 Å². The molecule has 0 fully saturated rings. The number of nitrogens with one attached hydrogen (secondary N) is 1. The van der Waals surface area contributed by atoms with Crippen molar-refractivity contribution in [1.82, 2.24) is 20.3 Å². The molecule has 1 aromatic carbocycles. The van der Waals surface area contributed by atoms with Gasteiger partial charge in [0, 0.05) is 11.0 Å². The van der Waals surface area contributed by atoms with Crippen LogP contribution < -0.4 is 5.32 Å². The molecule has 0 saturated carbocycles. The number of nitrogens with zero attached hydrogens (tertiary/aromatic N) is 3. The van der Waals surface area contributed by atoms with E-state index < -0.39 is 0 Å². The molecule has 0 radical (unpaired) electrons. The Kier molecular flexibility index (Phi) is 3.36. The fourth-order valence-electron chi connectivity index (χ4n) is 1.49. The van der Waals surface area contributed by atoms with Gasteiger partial charge in [0.2, 0.25) is 0 Å². The van der Waals surface area contributed by atoms with Crippen molar-refractivity contribution in [2.45, 2.75) is 13.5 Å². The summed E-state index contributed by atoms with van der Waals surface area (Å²) in [5, 5.41) is 11.2. The number of hydrogen-bond donors (Lipinski definition) is 1. The van der Waals surface area contributed by atoms with Crippen molar-refractivity contribution >= 4 is 15.9 Å². The molecule has 0 spiro atoms. The first-order chi connectivity index (χ1) is 7.72. The van der Waals surface area contributed by atoms with Crippen LogP contribution in [0.15, 0.2) is 28.9 Å². The number of benzene rings is 1. The summed E-state index contributed by atoms with van der Waals surface area (Å²) in [5.74, 6) is 0. The molecule has 16 heavy (non-hydrogen) atoms. The van der Waals surface area contributed by atoms with E-state index >= 15 is 0 Å². The molecule has 0 amide bonds. The van der Waals surface area contributed by atoms with Gasteiger partial charge in [-0.1, -0.05) is 17.3 Å². The Labute approximate surface area is 103 Å². The van der Waals surface area contributed by atoms with Crippen molar-refractivity contribution < 1.29 is 0 Å². The summed E-state index contributed by atoms with van der Waals surface area (Å²) in [5.41, 5.74) is 3.12. The molecule has 0 atom stereocenters. The van der Waals surface area contributed by atoms with E-state index in [1.807, 2.05) is 25.4 Å². The predicted octanol–water partition coefficient (Wildman–Crippen LogP) is 2.06. The Balaban J connectivity index is 2.39. The standard InChI is InChI=1S/C11H13BrN4/c1-8-4-3-5-10(11(8)12)16-7-9(6-13-2)14-15-16/h3-5,7,13H,6H2,1-2H3. The van der Waals surface area contributed by atoms with E-state index in [2.05, 4.69) is 44.5 Å². The van der Waals surface area contributed by atoms with Crippen molar-refractivity contribution in [3.8, 4) is 5.69 Å². The first-order valence-electron chi connectivity index (χ1n) is 5.03. The predicted molar refractivity (Wildman–Crippen MR) is 66.6 cm³/mol. The smallest absolute Gasteiger partial charge is 0.0969 e. The summed E-state index contributed by atoms with van der Waals surface area (Å²) in [4.78, 5) is 0. The van der Waals surface area contributed by atoms with E-state index in [-0.39, 0.29) is 0 Å². The quantitative estimate of drug-likeness (QED) is 0.936. The van der Waals surface area contributed by atoms with Crippen LogP contribution in [-0.2, 0) is 6.54 Å². The van der Waals surface area contributed by atoms with Crippen molar-refractivity contribution in [2.75, 3.05) is 7.05 Å². The van der Waals surface area contributed by atoms with Gasteiger partial charge >= 0.3 is 0 Å². The maximum Gasteiger partial charge on any atom is 0.0969 e. The zero-order valence-electron chi connectivity index (χ0n) is 9.24. The molecule has 1 heterocycles. The number of aromatic nitrogens is 3. The van der Waals surface area contributed by atoms with Crippen molar-refractivity contribution in [2.24, 2.45) is 0 Å². The van der Waals surface area contributed by atoms with Gasteiger partial charge in [-0.3, -0.25) is 0 Å². The van der Waals surface area contributed by atoms with E-state index in [9.17, 15) is 0 Å². The number of halogens is 1. The third-order valence-corrected chi connectivity index (χ3v) is 3.35. The third-order valence-electron chi connectivity index (χ3n) is 2.32. The molecule has 0 bridgehead atoms. The second-order valence-corrected chi connectivity index (χ2v) is 4.39. The zero-order valence-corrected chi connectivity index (χ0v) is 10.8. The van der Waals surface area contributed by atoms with Gasteiger partial charge in [0.25, 0.3) is 0 Å². The van der Waals surface area contributed by atoms with E-state index in [1.165, 1.54) is 5.56 Å².